The van der Waals surface area contributed by atoms with Crippen molar-refractivity contribution >= 4 is 56.3 Å². The molecule has 0 radical (unpaired) electrons. The molecule has 2 heterocycles. The van der Waals surface area contributed by atoms with E-state index < -0.39 is 39.5 Å². The Balaban J connectivity index is 2.41. The maximum atomic E-state index is 12.6. The van der Waals surface area contributed by atoms with Crippen molar-refractivity contribution in [2.75, 3.05) is 11.5 Å². The smallest absolute Gasteiger partial charge is 0.353 e. The predicted molar refractivity (Wildman–Crippen MR) is 104 cm³/mol. The number of hydrogen-bond acceptors (Lipinski definition) is 8. The van der Waals surface area contributed by atoms with E-state index in [1.165, 1.54) is 18.4 Å². The Morgan fingerprint density at radius 3 is 2.67 bits per heavy atom. The Kier molecular flexibility index (Phi) is 6.13. The van der Waals surface area contributed by atoms with E-state index in [1.807, 2.05) is 0 Å². The molecule has 1 aliphatic rings. The summed E-state index contributed by atoms with van der Waals surface area (Å²) in [6.45, 7) is 4.75. The molecule has 0 bridgehead atoms. The van der Waals surface area contributed by atoms with Gasteiger partial charge >= 0.3 is 5.97 Å². The van der Waals surface area contributed by atoms with Gasteiger partial charge in [0.2, 0.25) is 5.91 Å². The largest absolute Gasteiger partial charge is 0.477 e. The van der Waals surface area contributed by atoms with Crippen molar-refractivity contribution in [3.05, 3.63) is 35.0 Å². The molecule has 2 atom stereocenters. The van der Waals surface area contributed by atoms with Crippen molar-refractivity contribution in [1.29, 1.82) is 0 Å². The number of carboxylic acids is 1. The maximum Gasteiger partial charge on any atom is 0.353 e. The number of carbonyl (C=O) groups excluding carboxylic acids is 2. The van der Waals surface area contributed by atoms with Gasteiger partial charge in [-0.15, -0.1) is 21.8 Å². The monoisotopic (exact) mass is 411 g/mol. The van der Waals surface area contributed by atoms with Gasteiger partial charge < -0.3 is 21.4 Å². The summed E-state index contributed by atoms with van der Waals surface area (Å²) in [5.74, 6) is 1.34. The van der Waals surface area contributed by atoms with E-state index in [1.54, 1.807) is 0 Å². The number of nitrogen functional groups attached to an aromatic ring is 1. The molecule has 1 aliphatic heterocycles. The molecule has 27 heavy (non-hydrogen) atoms. The highest BCUT2D eigenvalue weighted by Gasteiger charge is 2.37. The third kappa shape index (κ3) is 4.06. The highest BCUT2D eigenvalue weighted by Crippen LogP contribution is 2.34. The standard InChI is InChI=1S/C15H17N5O5S2/c1-4-8-6-27(3)15(20(7(2)21)11(8)13(23)24)18-12(22)10(19-25)9-5-26-14(16)17-9/h4-5,15,25H,1,3,6H2,2H3,(H2,16,17)(H,18,22)(H,23,24)/b19-10-. The Labute approximate surface area is 160 Å². The molecule has 0 aliphatic carbocycles. The minimum Gasteiger partial charge on any atom is -0.477 e. The molecule has 0 fully saturated rings. The van der Waals surface area contributed by atoms with E-state index in [4.69, 9.17) is 5.73 Å². The molecule has 2 rings (SSSR count). The van der Waals surface area contributed by atoms with Crippen LogP contribution in [0.3, 0.4) is 0 Å². The summed E-state index contributed by atoms with van der Waals surface area (Å²) >= 11 is 1.05. The van der Waals surface area contributed by atoms with Crippen LogP contribution < -0.4 is 11.1 Å². The molecule has 2 amide bonds. The minimum atomic E-state index is -1.33. The maximum absolute atomic E-state index is 12.6. The van der Waals surface area contributed by atoms with Crippen LogP contribution in [-0.4, -0.2) is 60.8 Å². The van der Waals surface area contributed by atoms with Crippen molar-refractivity contribution in [1.82, 2.24) is 15.2 Å². The number of nitrogens with one attached hydrogen (secondary N) is 1. The van der Waals surface area contributed by atoms with Crippen molar-refractivity contribution in [3.63, 3.8) is 0 Å². The number of carbonyl (C=O) groups is 3. The van der Waals surface area contributed by atoms with Crippen LogP contribution in [0.1, 0.15) is 12.6 Å². The number of amides is 2. The fourth-order valence-electron chi connectivity index (χ4n) is 2.42. The molecule has 1 aromatic heterocycles. The van der Waals surface area contributed by atoms with Crippen molar-refractivity contribution < 1.29 is 24.7 Å². The Bertz CT molecular complexity index is 904. The molecule has 144 valence electrons. The second kappa shape index (κ2) is 8.14. The van der Waals surface area contributed by atoms with Crippen molar-refractivity contribution in [2.24, 2.45) is 5.16 Å². The lowest BCUT2D eigenvalue weighted by Gasteiger charge is -2.38. The van der Waals surface area contributed by atoms with E-state index in [0.29, 0.717) is 5.57 Å². The molecule has 0 aromatic carbocycles. The lowest BCUT2D eigenvalue weighted by molar-refractivity contribution is -0.140. The molecular weight excluding hydrogens is 394 g/mol. The number of rotatable bonds is 5. The quantitative estimate of drug-likeness (QED) is 0.236. The molecule has 0 saturated carbocycles. The fraction of sp³-hybridized carbons (Fsp3) is 0.200. The summed E-state index contributed by atoms with van der Waals surface area (Å²) in [4.78, 5) is 41.2. The first-order valence-corrected chi connectivity index (χ1v) is 9.84. The molecule has 0 saturated heterocycles. The second-order valence-electron chi connectivity index (χ2n) is 5.30. The number of thiazole rings is 1. The highest BCUT2D eigenvalue weighted by atomic mass is 32.2. The third-order valence-electron chi connectivity index (χ3n) is 3.56. The molecule has 12 heteroatoms. The van der Waals surface area contributed by atoms with Gasteiger partial charge in [-0.25, -0.2) is 9.78 Å². The van der Waals surface area contributed by atoms with Gasteiger partial charge in [-0.3, -0.25) is 14.5 Å². The zero-order valence-corrected chi connectivity index (χ0v) is 15.8. The minimum absolute atomic E-state index is 0.0485. The Hall–Kier alpha value is -2.99. The van der Waals surface area contributed by atoms with Crippen molar-refractivity contribution in [2.45, 2.75) is 12.4 Å². The number of allylic oxidation sites excluding steroid dienone is 1. The molecule has 10 nitrogen and oxygen atoms in total. The Morgan fingerprint density at radius 2 is 2.22 bits per heavy atom. The van der Waals surface area contributed by atoms with Crippen LogP contribution in [0, 0.1) is 0 Å². The summed E-state index contributed by atoms with van der Waals surface area (Å²) in [5, 5.41) is 25.8. The molecule has 0 spiro atoms. The van der Waals surface area contributed by atoms with E-state index in [2.05, 4.69) is 27.9 Å². The third-order valence-corrected chi connectivity index (χ3v) is 5.87. The van der Waals surface area contributed by atoms with E-state index in [0.717, 1.165) is 16.2 Å². The number of aromatic nitrogens is 1. The van der Waals surface area contributed by atoms with Crippen LogP contribution in [0.15, 0.2) is 34.5 Å². The zero-order valence-electron chi connectivity index (χ0n) is 14.2. The molecule has 5 N–H and O–H groups in total. The first-order valence-electron chi connectivity index (χ1n) is 7.33. The van der Waals surface area contributed by atoms with Gasteiger partial charge in [0.15, 0.2) is 16.3 Å². The van der Waals surface area contributed by atoms with Gasteiger partial charge in [0.05, 0.1) is 0 Å². The topological polar surface area (TPSA) is 158 Å². The second-order valence-corrected chi connectivity index (χ2v) is 8.00. The van der Waals surface area contributed by atoms with Crippen LogP contribution in [0.5, 0.6) is 0 Å². The number of oxime groups is 1. The van der Waals surface area contributed by atoms with Crippen LogP contribution in [0.4, 0.5) is 5.13 Å². The highest BCUT2D eigenvalue weighted by molar-refractivity contribution is 8.14. The molecular formula is C15H17N5O5S2. The van der Waals surface area contributed by atoms with Gasteiger partial charge in [0.1, 0.15) is 11.4 Å². The van der Waals surface area contributed by atoms with Crippen LogP contribution in [-0.2, 0) is 14.4 Å². The van der Waals surface area contributed by atoms with Gasteiger partial charge in [0, 0.05) is 18.1 Å². The fourth-order valence-corrected chi connectivity index (χ4v) is 4.61. The normalized spacial score (nSPS) is 20.3. The number of nitrogens with zero attached hydrogens (tertiary/aromatic N) is 3. The van der Waals surface area contributed by atoms with Gasteiger partial charge in [-0.2, -0.15) is 0 Å². The van der Waals surface area contributed by atoms with Gasteiger partial charge in [-0.05, 0) is 5.57 Å². The summed E-state index contributed by atoms with van der Waals surface area (Å²) in [5.41, 5.74) is 4.16. The lowest BCUT2D eigenvalue weighted by atomic mass is 10.2. The first kappa shape index (κ1) is 20.3. The lowest BCUT2D eigenvalue weighted by Crippen LogP contribution is -2.53. The van der Waals surface area contributed by atoms with E-state index >= 15 is 0 Å². The van der Waals surface area contributed by atoms with Crippen LogP contribution in [0.25, 0.3) is 0 Å². The number of carboxylic acid groups (broad SMARTS) is 1. The number of anilines is 1. The van der Waals surface area contributed by atoms with E-state index in [-0.39, 0.29) is 22.3 Å². The van der Waals surface area contributed by atoms with Gasteiger partial charge in [-0.1, -0.05) is 23.7 Å². The summed E-state index contributed by atoms with van der Waals surface area (Å²) in [6, 6.07) is 0. The average Bonchev–Trinajstić information content (AvgIpc) is 3.02. The summed E-state index contributed by atoms with van der Waals surface area (Å²) in [6.07, 6.45) is 1.35. The van der Waals surface area contributed by atoms with Crippen molar-refractivity contribution in [3.8, 4) is 0 Å². The zero-order chi connectivity index (χ0) is 20.3. The van der Waals surface area contributed by atoms with Gasteiger partial charge in [0.25, 0.3) is 5.91 Å². The number of aliphatic carboxylic acids is 1. The average molecular weight is 411 g/mol. The number of hydrogen-bond donors (Lipinski definition) is 4. The van der Waals surface area contributed by atoms with Crippen LogP contribution in [0.2, 0.25) is 0 Å². The summed E-state index contributed by atoms with van der Waals surface area (Å²) < 4.78 is 0. The summed E-state index contributed by atoms with van der Waals surface area (Å²) in [7, 11) is -0.885. The Morgan fingerprint density at radius 1 is 1.56 bits per heavy atom. The van der Waals surface area contributed by atoms with E-state index in [9.17, 15) is 24.7 Å². The molecule has 1 aromatic rings. The number of nitrogens with two attached hydrogens (primary N) is 1. The molecule has 2 unspecified atom stereocenters. The predicted octanol–water partition coefficient (Wildman–Crippen LogP) is 0.391. The van der Waals surface area contributed by atoms with Crippen LogP contribution >= 0.6 is 21.8 Å². The SMILES string of the molecule is C=CC1=C(C(=O)O)N(C(C)=O)C(NC(=O)/C(=N\O)c2csc(N)n2)S(=C)C1. The first-order chi connectivity index (χ1) is 12.7.